The van der Waals surface area contributed by atoms with Crippen LogP contribution in [-0.2, 0) is 27.3 Å². The van der Waals surface area contributed by atoms with Crippen LogP contribution in [0.25, 0.3) is 0 Å². The molecule has 0 saturated heterocycles. The van der Waals surface area contributed by atoms with Gasteiger partial charge in [0.15, 0.2) is 0 Å². The third-order valence-corrected chi connectivity index (χ3v) is 3.72. The van der Waals surface area contributed by atoms with Gasteiger partial charge in [0.05, 0.1) is 0 Å². The molecule has 0 unspecified atom stereocenters. The minimum atomic E-state index is -0.826. The first-order chi connectivity index (χ1) is 10.8. The summed E-state index contributed by atoms with van der Waals surface area (Å²) in [5.74, 6) is 0. The van der Waals surface area contributed by atoms with Gasteiger partial charge in [-0.2, -0.15) is 0 Å². The molecule has 0 heterocycles. The molecule has 0 amide bonds. The van der Waals surface area contributed by atoms with E-state index in [1.807, 2.05) is 0 Å². The average Bonchev–Trinajstić information content (AvgIpc) is 3.23. The number of rotatable bonds is 5. The molecule has 2 aliphatic carbocycles. The van der Waals surface area contributed by atoms with Gasteiger partial charge in [0, 0.05) is 18.6 Å². The van der Waals surface area contributed by atoms with Crippen molar-refractivity contribution in [1.29, 1.82) is 0 Å². The molecule has 0 aliphatic heterocycles. The maximum absolute atomic E-state index is 4.93. The first-order valence-corrected chi connectivity index (χ1v) is 13.6. The Morgan fingerprint density at radius 3 is 1.62 bits per heavy atom. The summed E-state index contributed by atoms with van der Waals surface area (Å²) in [6.07, 6.45) is 18.7. The molecule has 0 spiro atoms. The molecule has 24 heavy (non-hydrogen) atoms. The minimum absolute atomic E-state index is 0. The van der Waals surface area contributed by atoms with Crippen LogP contribution in [0, 0.1) is 14.9 Å². The number of hydrogen-bond donors (Lipinski definition) is 0. The average molecular weight is 442 g/mol. The molecular formula is C20H25Cl2NZr. The number of nitrogens with zero attached hydrogens (tertiary/aromatic N) is 1. The molecule has 1 aromatic rings. The SMILES string of the molecule is C1=CC(N(CCc2ccccc2)C2C=CC=C2)C=C1.[CH3-].[CH3-].[Cl][Zr+2][Cl]. The molecule has 1 nitrogen and oxygen atoms in total. The van der Waals surface area contributed by atoms with Crippen LogP contribution in [0.15, 0.2) is 78.9 Å². The van der Waals surface area contributed by atoms with Gasteiger partial charge in [-0.3, -0.25) is 4.90 Å². The van der Waals surface area contributed by atoms with E-state index in [1.165, 1.54) is 5.56 Å². The zero-order valence-corrected chi connectivity index (χ0v) is 18.2. The van der Waals surface area contributed by atoms with E-state index in [9.17, 15) is 0 Å². The normalized spacial score (nSPS) is 14.8. The fourth-order valence-electron chi connectivity index (χ4n) is 2.68. The fraction of sp³-hybridized carbons (Fsp3) is 0.200. The number of hydrogen-bond acceptors (Lipinski definition) is 1. The van der Waals surface area contributed by atoms with Crippen LogP contribution in [0.3, 0.4) is 0 Å². The van der Waals surface area contributed by atoms with Gasteiger partial charge in [0.1, 0.15) is 0 Å². The second-order valence-electron chi connectivity index (χ2n) is 5.07. The van der Waals surface area contributed by atoms with E-state index in [4.69, 9.17) is 17.0 Å². The van der Waals surface area contributed by atoms with Gasteiger partial charge < -0.3 is 14.9 Å². The Hall–Kier alpha value is -0.397. The Morgan fingerprint density at radius 1 is 0.792 bits per heavy atom. The summed E-state index contributed by atoms with van der Waals surface area (Å²) in [7, 11) is 9.87. The zero-order valence-electron chi connectivity index (χ0n) is 14.3. The maximum atomic E-state index is 4.93. The van der Waals surface area contributed by atoms with Gasteiger partial charge in [0.2, 0.25) is 0 Å². The van der Waals surface area contributed by atoms with Gasteiger partial charge in [-0.15, -0.1) is 0 Å². The molecule has 3 rings (SSSR count). The molecule has 0 atom stereocenters. The van der Waals surface area contributed by atoms with Crippen LogP contribution in [0.1, 0.15) is 5.56 Å². The third-order valence-electron chi connectivity index (χ3n) is 3.72. The molecule has 0 aromatic heterocycles. The van der Waals surface area contributed by atoms with Crippen molar-refractivity contribution in [2.24, 2.45) is 0 Å². The summed E-state index contributed by atoms with van der Waals surface area (Å²) >= 11 is -0.826. The van der Waals surface area contributed by atoms with Crippen molar-refractivity contribution in [2.75, 3.05) is 6.54 Å². The van der Waals surface area contributed by atoms with E-state index >= 15 is 0 Å². The Bertz CT molecular complexity index is 500. The fourth-order valence-corrected chi connectivity index (χ4v) is 2.68. The summed E-state index contributed by atoms with van der Waals surface area (Å²) in [6.45, 7) is 1.07. The van der Waals surface area contributed by atoms with Gasteiger partial charge in [-0.25, -0.2) is 0 Å². The number of benzene rings is 1. The topological polar surface area (TPSA) is 3.24 Å². The third kappa shape index (κ3) is 7.66. The van der Waals surface area contributed by atoms with Crippen LogP contribution in [0.2, 0.25) is 0 Å². The summed E-state index contributed by atoms with van der Waals surface area (Å²) in [4.78, 5) is 2.53. The van der Waals surface area contributed by atoms with E-state index in [-0.39, 0.29) is 14.9 Å². The summed E-state index contributed by atoms with van der Waals surface area (Å²) in [5, 5.41) is 0. The molecule has 2 aliphatic rings. The predicted octanol–water partition coefficient (Wildman–Crippen LogP) is 5.80. The monoisotopic (exact) mass is 439 g/mol. The Labute approximate surface area is 166 Å². The van der Waals surface area contributed by atoms with E-state index in [2.05, 4.69) is 83.8 Å². The second-order valence-corrected chi connectivity index (χ2v) is 8.80. The quantitative estimate of drug-likeness (QED) is 0.522. The van der Waals surface area contributed by atoms with Crippen LogP contribution >= 0.6 is 17.0 Å². The molecule has 0 saturated carbocycles. The van der Waals surface area contributed by atoms with Crippen LogP contribution in [0.4, 0.5) is 0 Å². The first-order valence-electron chi connectivity index (χ1n) is 7.31. The predicted molar refractivity (Wildman–Crippen MR) is 106 cm³/mol. The standard InChI is InChI=1S/C18H19N.2CH3.2ClH.Zr/c1-2-8-16(9-3-1)14-15-19(17-10-4-5-11-17)18-12-6-7-13-18;;;;;/h1-13,17-18H,14-15H2;2*1H3;2*1H;/q;2*-1;;;+4/p-2. The molecule has 128 valence electrons. The molecule has 0 radical (unpaired) electrons. The van der Waals surface area contributed by atoms with Crippen molar-refractivity contribution in [3.63, 3.8) is 0 Å². The zero-order chi connectivity index (χ0) is 15.6. The van der Waals surface area contributed by atoms with E-state index in [0.29, 0.717) is 12.1 Å². The molecule has 0 bridgehead atoms. The van der Waals surface area contributed by atoms with Crippen molar-refractivity contribution in [3.8, 4) is 0 Å². The van der Waals surface area contributed by atoms with Gasteiger partial charge >= 0.3 is 37.9 Å². The van der Waals surface area contributed by atoms with Crippen LogP contribution in [-0.4, -0.2) is 23.5 Å². The Kier molecular flexibility index (Phi) is 13.6. The van der Waals surface area contributed by atoms with Crippen molar-refractivity contribution in [2.45, 2.75) is 18.5 Å². The number of allylic oxidation sites excluding steroid dienone is 4. The van der Waals surface area contributed by atoms with Gasteiger partial charge in [-0.1, -0.05) is 78.9 Å². The molecular weight excluding hydrogens is 416 g/mol. The Balaban J connectivity index is 0.000000988. The Morgan fingerprint density at radius 2 is 1.21 bits per heavy atom. The van der Waals surface area contributed by atoms with Crippen LogP contribution in [0.5, 0.6) is 0 Å². The van der Waals surface area contributed by atoms with E-state index < -0.39 is 20.8 Å². The summed E-state index contributed by atoms with van der Waals surface area (Å²) in [6, 6.07) is 11.6. The first kappa shape index (κ1) is 23.6. The van der Waals surface area contributed by atoms with Crippen LogP contribution < -0.4 is 0 Å². The summed E-state index contributed by atoms with van der Waals surface area (Å²) < 4.78 is 0. The van der Waals surface area contributed by atoms with Gasteiger partial charge in [-0.05, 0) is 12.0 Å². The van der Waals surface area contributed by atoms with E-state index in [0.717, 1.165) is 13.0 Å². The molecule has 1 aromatic carbocycles. The van der Waals surface area contributed by atoms with Crippen molar-refractivity contribution < 1.29 is 20.8 Å². The van der Waals surface area contributed by atoms with Gasteiger partial charge in [0.25, 0.3) is 0 Å². The molecule has 4 heteroatoms. The van der Waals surface area contributed by atoms with Crippen molar-refractivity contribution >= 4 is 17.0 Å². The molecule has 0 fully saturated rings. The van der Waals surface area contributed by atoms with Crippen molar-refractivity contribution in [1.82, 2.24) is 4.90 Å². The molecule has 0 N–H and O–H groups in total. The van der Waals surface area contributed by atoms with Crippen molar-refractivity contribution in [3.05, 3.63) is 99.4 Å². The van der Waals surface area contributed by atoms with E-state index in [1.54, 1.807) is 0 Å². The number of halogens is 2. The summed E-state index contributed by atoms with van der Waals surface area (Å²) in [5.41, 5.74) is 1.41. The second kappa shape index (κ2) is 13.8.